The minimum Gasteiger partial charge on any atom is -0.443 e. The summed E-state index contributed by atoms with van der Waals surface area (Å²) < 4.78 is 6.31. The number of likely N-dealkylation sites (tertiary alicyclic amines) is 1. The first kappa shape index (κ1) is 20.4. The first-order valence-electron chi connectivity index (χ1n) is 9.85. The van der Waals surface area contributed by atoms with Crippen LogP contribution in [0.25, 0.3) is 11.0 Å². The Balaban J connectivity index is 1.64. The molecule has 1 saturated heterocycles. The van der Waals surface area contributed by atoms with Gasteiger partial charge in [-0.15, -0.1) is 0 Å². The van der Waals surface area contributed by atoms with Gasteiger partial charge in [-0.3, -0.25) is 4.79 Å². The topological polar surface area (TPSA) is 94.2 Å². The molecule has 1 aliphatic rings. The summed E-state index contributed by atoms with van der Waals surface area (Å²) in [5, 5.41) is 16.3. The summed E-state index contributed by atoms with van der Waals surface area (Å²) in [7, 11) is 2.11. The maximum Gasteiger partial charge on any atom is 0.274 e. The van der Waals surface area contributed by atoms with Gasteiger partial charge in [0.15, 0.2) is 11.3 Å². The van der Waals surface area contributed by atoms with Crippen LogP contribution >= 0.6 is 15.9 Å². The molecule has 154 valence electrons. The Morgan fingerprint density at radius 3 is 2.77 bits per heavy atom. The number of fused-ring (bicyclic) bond motifs is 1. The molecule has 2 aromatic heterocycles. The fourth-order valence-electron chi connectivity index (χ4n) is 3.58. The van der Waals surface area contributed by atoms with E-state index in [0.29, 0.717) is 27.8 Å². The zero-order chi connectivity index (χ0) is 21.1. The van der Waals surface area contributed by atoms with Crippen LogP contribution in [0.2, 0.25) is 0 Å². The lowest BCUT2D eigenvalue weighted by atomic mass is 10.1. The Kier molecular flexibility index (Phi) is 6.02. The summed E-state index contributed by atoms with van der Waals surface area (Å²) >= 11 is 3.59. The van der Waals surface area contributed by atoms with E-state index in [1.807, 2.05) is 36.4 Å². The summed E-state index contributed by atoms with van der Waals surface area (Å²) in [5.74, 6) is 0.384. The van der Waals surface area contributed by atoms with Gasteiger partial charge in [0.2, 0.25) is 5.76 Å². The van der Waals surface area contributed by atoms with Gasteiger partial charge in [0.25, 0.3) is 5.91 Å². The summed E-state index contributed by atoms with van der Waals surface area (Å²) in [6, 6.07) is 13.6. The fraction of sp³-hybridized carbons (Fsp3) is 0.318. The molecule has 8 heteroatoms. The van der Waals surface area contributed by atoms with Crippen LogP contribution in [0.3, 0.4) is 0 Å². The Labute approximate surface area is 183 Å². The molecule has 0 unspecified atom stereocenters. The number of piperidine rings is 1. The van der Waals surface area contributed by atoms with Gasteiger partial charge in [0.1, 0.15) is 11.9 Å². The van der Waals surface area contributed by atoms with Crippen LogP contribution in [-0.4, -0.2) is 42.0 Å². The van der Waals surface area contributed by atoms with Gasteiger partial charge in [-0.05, 0) is 54.5 Å². The number of nitriles is 1. The number of carbonyl (C=O) groups is 1. The number of aromatic nitrogens is 1. The van der Waals surface area contributed by atoms with Crippen LogP contribution in [0.1, 0.15) is 34.7 Å². The highest BCUT2D eigenvalue weighted by molar-refractivity contribution is 9.10. The van der Waals surface area contributed by atoms with E-state index >= 15 is 0 Å². The van der Waals surface area contributed by atoms with E-state index < -0.39 is 0 Å². The van der Waals surface area contributed by atoms with E-state index in [4.69, 9.17) is 4.42 Å². The molecule has 3 heterocycles. The minimum absolute atomic E-state index is 0.140. The van der Waals surface area contributed by atoms with Gasteiger partial charge >= 0.3 is 0 Å². The molecule has 7 nitrogen and oxygen atoms in total. The van der Waals surface area contributed by atoms with Crippen molar-refractivity contribution in [3.8, 4) is 6.07 Å². The van der Waals surface area contributed by atoms with E-state index in [1.54, 1.807) is 6.07 Å². The average Bonchev–Trinajstić information content (AvgIpc) is 3.21. The number of pyridine rings is 1. The molecule has 0 bridgehead atoms. The van der Waals surface area contributed by atoms with Crippen LogP contribution in [0.5, 0.6) is 0 Å². The number of rotatable bonds is 5. The van der Waals surface area contributed by atoms with E-state index in [0.717, 1.165) is 31.5 Å². The predicted octanol–water partition coefficient (Wildman–Crippen LogP) is 3.90. The molecule has 1 fully saturated rings. The number of halogens is 1. The molecule has 1 amide bonds. The Morgan fingerprint density at radius 2 is 2.07 bits per heavy atom. The zero-order valence-corrected chi connectivity index (χ0v) is 18.2. The van der Waals surface area contributed by atoms with Gasteiger partial charge in [-0.1, -0.05) is 30.3 Å². The summed E-state index contributed by atoms with van der Waals surface area (Å²) in [5.41, 5.74) is 1.46. The Hall–Kier alpha value is -2.89. The summed E-state index contributed by atoms with van der Waals surface area (Å²) in [4.78, 5) is 19.8. The van der Waals surface area contributed by atoms with E-state index in [2.05, 4.69) is 43.5 Å². The van der Waals surface area contributed by atoms with Crippen molar-refractivity contribution in [2.75, 3.05) is 25.5 Å². The van der Waals surface area contributed by atoms with Crippen molar-refractivity contribution in [1.29, 1.82) is 5.26 Å². The monoisotopic (exact) mass is 467 g/mol. The van der Waals surface area contributed by atoms with Crippen LogP contribution in [0.4, 0.5) is 5.82 Å². The van der Waals surface area contributed by atoms with Crippen molar-refractivity contribution in [2.24, 2.45) is 0 Å². The van der Waals surface area contributed by atoms with E-state index in [9.17, 15) is 10.1 Å². The van der Waals surface area contributed by atoms with Crippen LogP contribution in [0, 0.1) is 11.3 Å². The molecule has 1 aromatic carbocycles. The highest BCUT2D eigenvalue weighted by Crippen LogP contribution is 2.35. The standard InChI is InChI=1S/C22H22BrN5O2/c1-28-9-7-15(8-10-28)26-21-18(23)17-11-16(12-24)30-20(17)19(27-21)22(29)25-13-14-5-3-2-4-6-14/h2-6,11,15H,7-10,13H2,1H3,(H,25,29)(H,26,27). The highest BCUT2D eigenvalue weighted by Gasteiger charge is 2.24. The molecule has 3 aromatic rings. The second-order valence-corrected chi connectivity index (χ2v) is 8.27. The van der Waals surface area contributed by atoms with Crippen molar-refractivity contribution in [3.63, 3.8) is 0 Å². The largest absolute Gasteiger partial charge is 0.443 e. The number of benzene rings is 1. The average molecular weight is 468 g/mol. The first-order valence-corrected chi connectivity index (χ1v) is 10.6. The molecule has 0 atom stereocenters. The number of carbonyl (C=O) groups excluding carboxylic acids is 1. The SMILES string of the molecule is CN1CCC(Nc2nc(C(=O)NCc3ccccc3)c3oc(C#N)cc3c2Br)CC1. The third-order valence-electron chi connectivity index (χ3n) is 5.30. The molecule has 1 aliphatic heterocycles. The Morgan fingerprint density at radius 1 is 1.33 bits per heavy atom. The predicted molar refractivity (Wildman–Crippen MR) is 118 cm³/mol. The summed E-state index contributed by atoms with van der Waals surface area (Å²) in [6.07, 6.45) is 1.99. The number of hydrogen-bond acceptors (Lipinski definition) is 6. The lowest BCUT2D eigenvalue weighted by Crippen LogP contribution is -2.37. The molecule has 0 radical (unpaired) electrons. The third kappa shape index (κ3) is 4.32. The number of nitrogens with zero attached hydrogens (tertiary/aromatic N) is 3. The van der Waals surface area contributed by atoms with Gasteiger partial charge in [-0.2, -0.15) is 5.26 Å². The molecular formula is C22H22BrN5O2. The van der Waals surface area contributed by atoms with Crippen molar-refractivity contribution < 1.29 is 9.21 Å². The molecule has 30 heavy (non-hydrogen) atoms. The smallest absolute Gasteiger partial charge is 0.274 e. The normalized spacial score (nSPS) is 15.1. The fourth-order valence-corrected chi connectivity index (χ4v) is 4.08. The van der Waals surface area contributed by atoms with Gasteiger partial charge in [0.05, 0.1) is 4.47 Å². The second-order valence-electron chi connectivity index (χ2n) is 7.48. The van der Waals surface area contributed by atoms with Crippen molar-refractivity contribution in [2.45, 2.75) is 25.4 Å². The van der Waals surface area contributed by atoms with Crippen molar-refractivity contribution in [3.05, 3.63) is 57.9 Å². The molecule has 0 spiro atoms. The number of hydrogen-bond donors (Lipinski definition) is 2. The second kappa shape index (κ2) is 8.86. The maximum absolute atomic E-state index is 13.0. The van der Waals surface area contributed by atoms with Crippen LogP contribution in [0.15, 0.2) is 45.3 Å². The van der Waals surface area contributed by atoms with Gasteiger partial charge < -0.3 is 20.0 Å². The van der Waals surface area contributed by atoms with Crippen molar-refractivity contribution >= 4 is 38.6 Å². The quantitative estimate of drug-likeness (QED) is 0.590. The van der Waals surface area contributed by atoms with Crippen molar-refractivity contribution in [1.82, 2.24) is 15.2 Å². The Bertz CT molecular complexity index is 1100. The molecule has 4 rings (SSSR count). The van der Waals surface area contributed by atoms with Crippen LogP contribution in [-0.2, 0) is 6.54 Å². The molecular weight excluding hydrogens is 446 g/mol. The lowest BCUT2D eigenvalue weighted by molar-refractivity contribution is 0.0946. The number of amides is 1. The van der Waals surface area contributed by atoms with Gasteiger partial charge in [-0.25, -0.2) is 4.98 Å². The number of anilines is 1. The minimum atomic E-state index is -0.346. The highest BCUT2D eigenvalue weighted by atomic mass is 79.9. The molecule has 2 N–H and O–H groups in total. The maximum atomic E-state index is 13.0. The summed E-state index contributed by atoms with van der Waals surface area (Å²) in [6.45, 7) is 2.39. The lowest BCUT2D eigenvalue weighted by Gasteiger charge is -2.30. The molecule has 0 aliphatic carbocycles. The van der Waals surface area contributed by atoms with E-state index in [1.165, 1.54) is 0 Å². The number of furan rings is 1. The number of nitrogens with one attached hydrogen (secondary N) is 2. The zero-order valence-electron chi connectivity index (χ0n) is 16.6. The van der Waals surface area contributed by atoms with Crippen LogP contribution < -0.4 is 10.6 Å². The third-order valence-corrected chi connectivity index (χ3v) is 6.10. The first-order chi connectivity index (χ1) is 14.5. The van der Waals surface area contributed by atoms with E-state index in [-0.39, 0.29) is 23.4 Å². The van der Waals surface area contributed by atoms with Gasteiger partial charge in [0, 0.05) is 24.0 Å². The molecule has 0 saturated carbocycles.